The Hall–Kier alpha value is -3.64. The van der Waals surface area contributed by atoms with E-state index in [4.69, 9.17) is 18.7 Å². The average Bonchev–Trinajstić information content (AvgIpc) is 3.40. The summed E-state index contributed by atoms with van der Waals surface area (Å²) >= 11 is 0. The lowest BCUT2D eigenvalue weighted by atomic mass is 9.96. The molecule has 2 saturated heterocycles. The van der Waals surface area contributed by atoms with Gasteiger partial charge in [0.05, 0.1) is 18.1 Å². The minimum atomic E-state index is -0.581. The number of piperidine rings is 1. The number of nitrogens with zero attached hydrogens (tertiary/aromatic N) is 6. The Kier molecular flexibility index (Phi) is 7.26. The van der Waals surface area contributed by atoms with Crippen LogP contribution >= 0.6 is 0 Å². The van der Waals surface area contributed by atoms with Gasteiger partial charge in [0.15, 0.2) is 11.6 Å². The molecule has 38 heavy (non-hydrogen) atoms. The van der Waals surface area contributed by atoms with Gasteiger partial charge in [-0.2, -0.15) is 9.97 Å². The normalized spacial score (nSPS) is 18.6. The van der Waals surface area contributed by atoms with E-state index >= 15 is 0 Å². The van der Waals surface area contributed by atoms with Gasteiger partial charge in [0, 0.05) is 30.8 Å². The van der Waals surface area contributed by atoms with Crippen LogP contribution in [0.3, 0.4) is 0 Å². The zero-order valence-electron chi connectivity index (χ0n) is 22.0. The summed E-state index contributed by atoms with van der Waals surface area (Å²) in [5, 5.41) is 16.2. The number of benzene rings is 1. The van der Waals surface area contributed by atoms with Crippen molar-refractivity contribution in [2.45, 2.75) is 64.1 Å². The predicted octanol–water partition coefficient (Wildman–Crippen LogP) is 4.93. The molecule has 12 heteroatoms. The minimum Gasteiger partial charge on any atom is -0.434 e. The lowest BCUT2D eigenvalue weighted by Crippen LogP contribution is -2.38. The number of hydrogen-bond donors (Lipinski definition) is 0. The van der Waals surface area contributed by atoms with Crippen LogP contribution in [-0.4, -0.2) is 57.1 Å². The smallest absolute Gasteiger partial charge is 0.373 e. The summed E-state index contributed by atoms with van der Waals surface area (Å²) in [7, 11) is 0. The lowest BCUT2D eigenvalue weighted by molar-refractivity contribution is -0.385. The van der Waals surface area contributed by atoms with Crippen molar-refractivity contribution in [3.8, 4) is 11.6 Å². The summed E-state index contributed by atoms with van der Waals surface area (Å²) in [5.74, 6) is 1.70. The summed E-state index contributed by atoms with van der Waals surface area (Å²) in [6.07, 6.45) is 2.72. The summed E-state index contributed by atoms with van der Waals surface area (Å²) in [6.45, 7) is 10.0. The molecule has 0 atom stereocenters. The van der Waals surface area contributed by atoms with E-state index < -0.39 is 10.7 Å². The number of aromatic nitrogens is 4. The zero-order chi connectivity index (χ0) is 26.9. The molecule has 0 unspecified atom stereocenters. The predicted molar refractivity (Wildman–Crippen MR) is 137 cm³/mol. The van der Waals surface area contributed by atoms with Crippen LogP contribution in [0, 0.1) is 10.1 Å². The molecule has 0 bridgehead atoms. The van der Waals surface area contributed by atoms with Crippen LogP contribution in [-0.2, 0) is 9.47 Å². The van der Waals surface area contributed by atoms with Crippen LogP contribution in [0.4, 0.5) is 11.5 Å². The molecular formula is C26H32N6O6. The third kappa shape index (κ3) is 5.60. The van der Waals surface area contributed by atoms with Crippen molar-refractivity contribution in [1.29, 1.82) is 0 Å². The molecule has 0 aliphatic carbocycles. The van der Waals surface area contributed by atoms with E-state index in [1.165, 1.54) is 6.33 Å². The number of anilines is 1. The molecule has 3 aromatic rings. The van der Waals surface area contributed by atoms with E-state index in [1.807, 2.05) is 44.7 Å². The molecular weight excluding hydrogens is 492 g/mol. The fourth-order valence-corrected chi connectivity index (χ4v) is 4.61. The quantitative estimate of drug-likeness (QED) is 0.307. The fourth-order valence-electron chi connectivity index (χ4n) is 4.61. The fraction of sp³-hybridized carbons (Fsp3) is 0.538. The Morgan fingerprint density at radius 3 is 2.37 bits per heavy atom. The highest BCUT2D eigenvalue weighted by atomic mass is 16.7. The van der Waals surface area contributed by atoms with Crippen molar-refractivity contribution in [3.05, 3.63) is 58.0 Å². The van der Waals surface area contributed by atoms with Crippen molar-refractivity contribution < 1.29 is 23.7 Å². The maximum absolute atomic E-state index is 12.1. The van der Waals surface area contributed by atoms with E-state index in [2.05, 4.69) is 20.1 Å². The highest BCUT2D eigenvalue weighted by molar-refractivity contribution is 5.63. The number of rotatable bonds is 7. The van der Waals surface area contributed by atoms with Crippen LogP contribution in [0.2, 0.25) is 0 Å². The second-order valence-electron chi connectivity index (χ2n) is 10.4. The maximum Gasteiger partial charge on any atom is 0.373 e. The molecule has 12 nitrogen and oxygen atoms in total. The largest absolute Gasteiger partial charge is 0.434 e. The second kappa shape index (κ2) is 10.6. The summed E-state index contributed by atoms with van der Waals surface area (Å²) in [6, 6.07) is 7.35. The van der Waals surface area contributed by atoms with E-state index in [0.717, 1.165) is 5.56 Å². The van der Waals surface area contributed by atoms with Crippen LogP contribution < -0.4 is 9.64 Å². The van der Waals surface area contributed by atoms with E-state index in [0.29, 0.717) is 56.6 Å². The van der Waals surface area contributed by atoms with Crippen molar-refractivity contribution in [2.24, 2.45) is 0 Å². The second-order valence-corrected chi connectivity index (χ2v) is 10.4. The Labute approximate surface area is 220 Å². The molecule has 202 valence electrons. The third-order valence-electron chi connectivity index (χ3n) is 6.90. The lowest BCUT2D eigenvalue weighted by Gasteiger charge is -2.35. The van der Waals surface area contributed by atoms with Gasteiger partial charge in [-0.3, -0.25) is 10.1 Å². The van der Waals surface area contributed by atoms with Crippen LogP contribution in [0.25, 0.3) is 0 Å². The molecule has 1 aromatic carbocycles. The number of nitro groups is 1. The molecule has 0 N–H and O–H groups in total. The molecule has 0 saturated carbocycles. The first-order valence-electron chi connectivity index (χ1n) is 12.8. The van der Waals surface area contributed by atoms with Gasteiger partial charge < -0.3 is 23.6 Å². The summed E-state index contributed by atoms with van der Waals surface area (Å²) in [4.78, 5) is 26.3. The molecule has 2 aliphatic rings. The third-order valence-corrected chi connectivity index (χ3v) is 6.90. The first kappa shape index (κ1) is 26.0. The Morgan fingerprint density at radius 2 is 1.76 bits per heavy atom. The Balaban J connectivity index is 1.28. The topological polar surface area (TPSA) is 139 Å². The van der Waals surface area contributed by atoms with Crippen molar-refractivity contribution in [3.63, 3.8) is 0 Å². The van der Waals surface area contributed by atoms with Crippen molar-refractivity contribution in [1.82, 2.24) is 20.1 Å². The van der Waals surface area contributed by atoms with Gasteiger partial charge in [0.2, 0.25) is 11.7 Å². The standard InChI is InChI=1S/C26H32N6O6/c1-16(2)22-29-24(38-30-22)18-9-11-31(12-10-18)23-21(32(33)34)25(28-15-27-23)37-20-7-5-17(6-8-20)19-13-35-26(3,4)36-14-19/h5-8,15-16,18-19H,9-14H2,1-4H3. The Bertz CT molecular complexity index is 1260. The number of ether oxygens (including phenoxy) is 3. The van der Waals surface area contributed by atoms with Crippen LogP contribution in [0.1, 0.15) is 75.6 Å². The molecule has 0 amide bonds. The molecule has 4 heterocycles. The Morgan fingerprint density at radius 1 is 1.08 bits per heavy atom. The first-order valence-corrected chi connectivity index (χ1v) is 12.8. The molecule has 5 rings (SSSR count). The first-order chi connectivity index (χ1) is 18.2. The van der Waals surface area contributed by atoms with Crippen molar-refractivity contribution >= 4 is 11.5 Å². The molecule has 0 radical (unpaired) electrons. The van der Waals surface area contributed by atoms with Gasteiger partial charge in [0.1, 0.15) is 12.1 Å². The van der Waals surface area contributed by atoms with Crippen LogP contribution in [0.15, 0.2) is 35.1 Å². The van der Waals surface area contributed by atoms with E-state index in [9.17, 15) is 10.1 Å². The molecule has 0 spiro atoms. The molecule has 2 aromatic heterocycles. The summed E-state index contributed by atoms with van der Waals surface area (Å²) < 4.78 is 22.8. The zero-order valence-corrected chi connectivity index (χ0v) is 22.0. The van der Waals surface area contributed by atoms with Crippen molar-refractivity contribution in [2.75, 3.05) is 31.2 Å². The highest BCUT2D eigenvalue weighted by Crippen LogP contribution is 2.39. The minimum absolute atomic E-state index is 0.0977. The van der Waals surface area contributed by atoms with E-state index in [-0.39, 0.29) is 35.1 Å². The van der Waals surface area contributed by atoms with Gasteiger partial charge in [-0.1, -0.05) is 31.1 Å². The van der Waals surface area contributed by atoms with Gasteiger partial charge >= 0.3 is 11.6 Å². The number of hydrogen-bond acceptors (Lipinski definition) is 11. The van der Waals surface area contributed by atoms with Gasteiger partial charge in [-0.15, -0.1) is 0 Å². The average molecular weight is 525 g/mol. The molecule has 2 aliphatic heterocycles. The monoisotopic (exact) mass is 524 g/mol. The van der Waals surface area contributed by atoms with Gasteiger partial charge in [-0.05, 0) is 44.4 Å². The van der Waals surface area contributed by atoms with Crippen LogP contribution in [0.5, 0.6) is 11.6 Å². The van der Waals surface area contributed by atoms with Gasteiger partial charge in [0.25, 0.3) is 0 Å². The SMILES string of the molecule is CC(C)c1noc(C2CCN(c3ncnc(Oc4ccc(C5COC(C)(C)OC5)cc4)c3[N+](=O)[O-])CC2)n1. The molecule has 2 fully saturated rings. The van der Waals surface area contributed by atoms with Gasteiger partial charge in [-0.25, -0.2) is 4.98 Å². The van der Waals surface area contributed by atoms with E-state index in [1.54, 1.807) is 12.1 Å². The maximum atomic E-state index is 12.1. The summed E-state index contributed by atoms with van der Waals surface area (Å²) in [5.41, 5.74) is 0.779. The highest BCUT2D eigenvalue weighted by Gasteiger charge is 2.33.